The Labute approximate surface area is 187 Å². The molecule has 0 radical (unpaired) electrons. The molecule has 0 bridgehead atoms. The monoisotopic (exact) mass is 427 g/mol. The summed E-state index contributed by atoms with van der Waals surface area (Å²) in [7, 11) is 1.99. The molecular formula is C23H26BN7O. The minimum absolute atomic E-state index is 0.0204. The van der Waals surface area contributed by atoms with Crippen molar-refractivity contribution in [2.75, 3.05) is 22.5 Å². The van der Waals surface area contributed by atoms with Crippen LogP contribution in [0.1, 0.15) is 42.7 Å². The molecule has 0 fully saturated rings. The van der Waals surface area contributed by atoms with Gasteiger partial charge >= 0.3 is 152 Å². The standard InChI is InChI=1S/C23H26BN7O/c1-4-25-20-10-9-17(12-27-20)23(32)29-18-8-6-7-16(11-18)15(3)28-21-13-26-19-14-31(5-2)24-22(19)30-21/h6-15H,4-5H2,1-3H3,(H,25,27)(H,28,30)(H,29,32). The summed E-state index contributed by atoms with van der Waals surface area (Å²) in [6.07, 6.45) is 5.31. The Morgan fingerprint density at radius 3 is 2.75 bits per heavy atom. The average Bonchev–Trinajstić information content (AvgIpc) is 3.22. The number of aryl methyl sites for hydroxylation is 1. The summed E-state index contributed by atoms with van der Waals surface area (Å²) in [6.45, 7) is 7.79. The third-order valence-electron chi connectivity index (χ3n) is 5.16. The first-order valence-corrected chi connectivity index (χ1v) is 10.8. The van der Waals surface area contributed by atoms with E-state index >= 15 is 0 Å². The number of aromatic nitrogens is 4. The second-order valence-electron chi connectivity index (χ2n) is 7.52. The molecule has 0 aliphatic heterocycles. The topological polar surface area (TPSA) is 96.8 Å². The number of amides is 1. The zero-order valence-electron chi connectivity index (χ0n) is 18.5. The second-order valence-corrected chi connectivity index (χ2v) is 7.52. The second kappa shape index (κ2) is 9.59. The van der Waals surface area contributed by atoms with Crippen molar-refractivity contribution in [1.29, 1.82) is 0 Å². The summed E-state index contributed by atoms with van der Waals surface area (Å²) in [6, 6.07) is 11.3. The molecular weight excluding hydrogens is 401 g/mol. The summed E-state index contributed by atoms with van der Waals surface area (Å²) in [5, 5.41) is 9.46. The van der Waals surface area contributed by atoms with Crippen molar-refractivity contribution in [2.24, 2.45) is 0 Å². The first-order chi connectivity index (χ1) is 15.6. The van der Waals surface area contributed by atoms with Crippen molar-refractivity contribution in [3.63, 3.8) is 0 Å². The molecule has 0 aliphatic carbocycles. The predicted molar refractivity (Wildman–Crippen MR) is 129 cm³/mol. The smallest absolute Gasteiger partial charge is 0.239 e. The Balaban J connectivity index is 1.44. The van der Waals surface area contributed by atoms with Gasteiger partial charge in [-0.1, -0.05) is 0 Å². The van der Waals surface area contributed by atoms with Crippen molar-refractivity contribution in [2.45, 2.75) is 33.4 Å². The van der Waals surface area contributed by atoms with E-state index in [9.17, 15) is 4.79 Å². The molecule has 0 saturated heterocycles. The molecule has 8 nitrogen and oxygen atoms in total. The van der Waals surface area contributed by atoms with Crippen LogP contribution in [0, 0.1) is 0 Å². The van der Waals surface area contributed by atoms with Crippen LogP contribution in [0.2, 0.25) is 0 Å². The maximum absolute atomic E-state index is 12.6. The number of fused-ring (bicyclic) bond motifs is 1. The molecule has 1 aromatic carbocycles. The zero-order chi connectivity index (χ0) is 22.5. The molecule has 162 valence electrons. The minimum atomic E-state index is -0.199. The van der Waals surface area contributed by atoms with Crippen LogP contribution in [-0.4, -0.2) is 38.9 Å². The molecule has 0 aliphatic rings. The molecule has 3 heterocycles. The Morgan fingerprint density at radius 1 is 1.12 bits per heavy atom. The van der Waals surface area contributed by atoms with Gasteiger partial charge in [-0.3, -0.25) is 0 Å². The molecule has 0 spiro atoms. The number of hydrogen-bond donors (Lipinski definition) is 3. The van der Waals surface area contributed by atoms with Gasteiger partial charge in [0, 0.05) is 6.54 Å². The molecule has 4 rings (SSSR count). The van der Waals surface area contributed by atoms with E-state index in [2.05, 4.69) is 42.3 Å². The molecule has 0 saturated carbocycles. The van der Waals surface area contributed by atoms with Crippen LogP contribution >= 0.6 is 0 Å². The summed E-state index contributed by atoms with van der Waals surface area (Å²) in [5.41, 5.74) is 3.99. The quantitative estimate of drug-likeness (QED) is 0.393. The van der Waals surface area contributed by atoms with Crippen LogP contribution in [0.25, 0.3) is 10.9 Å². The van der Waals surface area contributed by atoms with E-state index in [0.29, 0.717) is 11.4 Å². The Hall–Kier alpha value is -3.75. The van der Waals surface area contributed by atoms with Crippen LogP contribution in [-0.2, 0) is 6.54 Å². The molecule has 32 heavy (non-hydrogen) atoms. The van der Waals surface area contributed by atoms with E-state index in [4.69, 9.17) is 0 Å². The van der Waals surface area contributed by atoms with Gasteiger partial charge in [0.15, 0.2) is 0 Å². The van der Waals surface area contributed by atoms with Gasteiger partial charge < -0.3 is 5.32 Å². The Morgan fingerprint density at radius 2 is 2.00 bits per heavy atom. The van der Waals surface area contributed by atoms with E-state index in [1.165, 1.54) is 0 Å². The van der Waals surface area contributed by atoms with Gasteiger partial charge in [0.05, 0.1) is 0 Å². The molecule has 1 unspecified atom stereocenters. The third-order valence-corrected chi connectivity index (χ3v) is 5.16. The number of nitrogens with zero attached hydrogens (tertiary/aromatic N) is 4. The first kappa shape index (κ1) is 21.5. The zero-order valence-corrected chi connectivity index (χ0v) is 18.5. The number of carbonyl (C=O) groups is 1. The average molecular weight is 427 g/mol. The van der Waals surface area contributed by atoms with Crippen molar-refractivity contribution in [3.05, 3.63) is 66.1 Å². The SMILES string of the molecule is CCNc1ccc(C(=O)Nc2cccc(C(C)Nc3cnc4cn(CC)bc4n3)c2)cn1. The number of nitrogens with one attached hydrogen (secondary N) is 3. The van der Waals surface area contributed by atoms with E-state index in [0.717, 1.165) is 41.1 Å². The van der Waals surface area contributed by atoms with Gasteiger partial charge in [-0.15, -0.1) is 0 Å². The van der Waals surface area contributed by atoms with Crippen molar-refractivity contribution < 1.29 is 4.79 Å². The van der Waals surface area contributed by atoms with Gasteiger partial charge in [-0.25, -0.2) is 4.98 Å². The normalized spacial score (nSPS) is 11.7. The third kappa shape index (κ3) is 4.93. The van der Waals surface area contributed by atoms with E-state index in [-0.39, 0.29) is 11.9 Å². The fraction of sp³-hybridized carbons (Fsp3) is 0.261. The fourth-order valence-corrected chi connectivity index (χ4v) is 3.42. The number of anilines is 3. The van der Waals surface area contributed by atoms with Gasteiger partial charge in [-0.2, -0.15) is 0 Å². The molecule has 1 atom stereocenters. The van der Waals surface area contributed by atoms with Crippen molar-refractivity contribution in [1.82, 2.24) is 19.4 Å². The molecule has 9 heteroatoms. The van der Waals surface area contributed by atoms with Crippen LogP contribution in [0.3, 0.4) is 0 Å². The summed E-state index contributed by atoms with van der Waals surface area (Å²) >= 11 is 0. The number of rotatable bonds is 8. The summed E-state index contributed by atoms with van der Waals surface area (Å²) in [5.74, 6) is 1.26. The number of benzene rings is 1. The van der Waals surface area contributed by atoms with Crippen molar-refractivity contribution >= 4 is 41.2 Å². The summed E-state index contributed by atoms with van der Waals surface area (Å²) in [4.78, 5) is 26.0. The predicted octanol–water partition coefficient (Wildman–Crippen LogP) is 4.04. The molecule has 1 amide bonds. The number of carbonyl (C=O) groups excluding carboxylic acids is 1. The molecule has 3 N–H and O–H groups in total. The van der Waals surface area contributed by atoms with Gasteiger partial charge in [0.25, 0.3) is 0 Å². The van der Waals surface area contributed by atoms with Crippen LogP contribution < -0.4 is 16.0 Å². The molecule has 4 aromatic rings. The first-order valence-electron chi connectivity index (χ1n) is 10.8. The summed E-state index contributed by atoms with van der Waals surface area (Å²) < 4.78 is 2.06. The Bertz CT molecular complexity index is 1220. The number of pyridine rings is 1. The maximum atomic E-state index is 12.6. The van der Waals surface area contributed by atoms with Crippen LogP contribution in [0.15, 0.2) is 55.0 Å². The minimum Gasteiger partial charge on any atom is -0.239 e. The van der Waals surface area contributed by atoms with E-state index < -0.39 is 0 Å². The Kier molecular flexibility index (Phi) is 6.44. The van der Waals surface area contributed by atoms with Crippen LogP contribution in [0.4, 0.5) is 17.3 Å². The van der Waals surface area contributed by atoms with E-state index in [1.807, 2.05) is 51.4 Å². The molecule has 3 aromatic heterocycles. The van der Waals surface area contributed by atoms with E-state index in [1.54, 1.807) is 24.5 Å². The van der Waals surface area contributed by atoms with Crippen LogP contribution in [0.5, 0.6) is 0 Å². The number of hydrogen-bond acceptors (Lipinski definition) is 6. The van der Waals surface area contributed by atoms with Gasteiger partial charge in [-0.05, 0) is 13.0 Å². The van der Waals surface area contributed by atoms with Crippen molar-refractivity contribution in [3.8, 4) is 0 Å². The fourth-order valence-electron chi connectivity index (χ4n) is 3.42. The van der Waals surface area contributed by atoms with Gasteiger partial charge in [0.1, 0.15) is 5.82 Å². The van der Waals surface area contributed by atoms with Gasteiger partial charge in [0.2, 0.25) is 0 Å².